The number of hydrogen-bond donors (Lipinski definition) is 0. The normalized spacial score (nSPS) is 21.4. The molecule has 0 amide bonds. The number of nitrogens with zero attached hydrogens (tertiary/aromatic N) is 3. The van der Waals surface area contributed by atoms with Crippen LogP contribution in [0.5, 0.6) is 0 Å². The van der Waals surface area contributed by atoms with Gasteiger partial charge in [-0.15, -0.1) is 0 Å². The Morgan fingerprint density at radius 3 is 2.28 bits per heavy atom. The average Bonchev–Trinajstić information content (AvgIpc) is 3.40. The van der Waals surface area contributed by atoms with E-state index in [1.165, 1.54) is 17.1 Å². The summed E-state index contributed by atoms with van der Waals surface area (Å²) in [4.78, 5) is 33.3. The molecule has 2 aromatic heterocycles. The number of halogens is 3. The average molecular weight is 530 g/mol. The van der Waals surface area contributed by atoms with Gasteiger partial charge in [0.15, 0.2) is 18.5 Å². The number of esters is 2. The van der Waals surface area contributed by atoms with Gasteiger partial charge in [-0.1, -0.05) is 59.6 Å². The SMILES string of the molecule is O=C(OC[C@H]1O[C@@H](n2cc(Cl)c3c(Cl)ncnc32)[C@@H](F)[C@@H]1OC(=O)c1ccccc1)c1ccccc1. The first-order chi connectivity index (χ1) is 17.4. The molecule has 2 aromatic carbocycles. The minimum absolute atomic E-state index is 0.0950. The number of aromatic nitrogens is 3. The third kappa shape index (κ3) is 4.65. The lowest BCUT2D eigenvalue weighted by atomic mass is 10.1. The van der Waals surface area contributed by atoms with Crippen molar-refractivity contribution in [3.8, 4) is 0 Å². The van der Waals surface area contributed by atoms with Crippen LogP contribution in [0.25, 0.3) is 11.0 Å². The van der Waals surface area contributed by atoms with Crippen molar-refractivity contribution in [1.82, 2.24) is 14.5 Å². The molecule has 1 saturated heterocycles. The zero-order valence-corrected chi connectivity index (χ0v) is 20.0. The van der Waals surface area contributed by atoms with Crippen molar-refractivity contribution in [1.29, 1.82) is 0 Å². The van der Waals surface area contributed by atoms with Gasteiger partial charge in [0.1, 0.15) is 29.8 Å². The molecule has 0 saturated carbocycles. The van der Waals surface area contributed by atoms with Crippen LogP contribution in [0.15, 0.2) is 73.2 Å². The molecule has 5 rings (SSSR count). The second-order valence-corrected chi connectivity index (χ2v) is 8.72. The third-order valence-corrected chi connectivity index (χ3v) is 6.27. The quantitative estimate of drug-likeness (QED) is 0.254. The van der Waals surface area contributed by atoms with Crippen molar-refractivity contribution >= 4 is 46.2 Å². The second kappa shape index (κ2) is 10.2. The molecule has 1 aliphatic heterocycles. The Hall–Kier alpha value is -3.53. The van der Waals surface area contributed by atoms with E-state index in [-0.39, 0.29) is 28.0 Å². The Morgan fingerprint density at radius 1 is 0.972 bits per heavy atom. The fourth-order valence-electron chi connectivity index (χ4n) is 3.97. The van der Waals surface area contributed by atoms with Crippen LogP contribution in [0.1, 0.15) is 26.9 Å². The summed E-state index contributed by atoms with van der Waals surface area (Å²) >= 11 is 12.4. The molecule has 4 atom stereocenters. The summed E-state index contributed by atoms with van der Waals surface area (Å²) in [6.45, 7) is -0.361. The zero-order valence-electron chi connectivity index (χ0n) is 18.5. The minimum atomic E-state index is -1.85. The Morgan fingerprint density at radius 2 is 1.61 bits per heavy atom. The van der Waals surface area contributed by atoms with Gasteiger partial charge < -0.3 is 18.8 Å². The van der Waals surface area contributed by atoms with Gasteiger partial charge in [-0.25, -0.2) is 23.9 Å². The van der Waals surface area contributed by atoms with E-state index in [2.05, 4.69) is 9.97 Å². The Bertz CT molecular complexity index is 1400. The lowest BCUT2D eigenvalue weighted by Gasteiger charge is -2.19. The van der Waals surface area contributed by atoms with E-state index in [1.807, 2.05) is 0 Å². The molecule has 184 valence electrons. The van der Waals surface area contributed by atoms with E-state index in [1.54, 1.807) is 60.7 Å². The first kappa shape index (κ1) is 24.2. The fraction of sp³-hybridized carbons (Fsp3) is 0.200. The van der Waals surface area contributed by atoms with Gasteiger partial charge in [0.2, 0.25) is 0 Å². The number of ether oxygens (including phenoxy) is 3. The topological polar surface area (TPSA) is 92.5 Å². The van der Waals surface area contributed by atoms with Crippen LogP contribution >= 0.6 is 23.2 Å². The zero-order chi connectivity index (χ0) is 25.2. The minimum Gasteiger partial charge on any atom is -0.459 e. The van der Waals surface area contributed by atoms with Crippen molar-refractivity contribution < 1.29 is 28.2 Å². The number of hydrogen-bond acceptors (Lipinski definition) is 7. The highest BCUT2D eigenvalue weighted by Crippen LogP contribution is 2.39. The Kier molecular flexibility index (Phi) is 6.86. The van der Waals surface area contributed by atoms with Gasteiger partial charge in [0, 0.05) is 6.20 Å². The van der Waals surface area contributed by atoms with E-state index in [9.17, 15) is 9.59 Å². The van der Waals surface area contributed by atoms with Crippen LogP contribution in [0.3, 0.4) is 0 Å². The monoisotopic (exact) mass is 529 g/mol. The molecule has 0 unspecified atom stereocenters. The summed E-state index contributed by atoms with van der Waals surface area (Å²) < 4.78 is 34.0. The molecule has 0 bridgehead atoms. The highest BCUT2D eigenvalue weighted by molar-refractivity contribution is 6.41. The van der Waals surface area contributed by atoms with E-state index in [0.29, 0.717) is 10.9 Å². The first-order valence-corrected chi connectivity index (χ1v) is 11.6. The molecular weight excluding hydrogens is 512 g/mol. The molecule has 0 N–H and O–H groups in total. The van der Waals surface area contributed by atoms with Crippen LogP contribution in [0, 0.1) is 0 Å². The highest BCUT2D eigenvalue weighted by atomic mass is 35.5. The summed E-state index contributed by atoms with van der Waals surface area (Å²) in [5.41, 5.74) is 0.793. The molecule has 4 aromatic rings. The van der Waals surface area contributed by atoms with Crippen LogP contribution in [-0.4, -0.2) is 51.5 Å². The van der Waals surface area contributed by atoms with Crippen molar-refractivity contribution in [2.24, 2.45) is 0 Å². The summed E-state index contributed by atoms with van der Waals surface area (Å²) in [6, 6.07) is 16.5. The molecule has 1 fully saturated rings. The molecule has 3 heterocycles. The number of benzene rings is 2. The maximum atomic E-state index is 15.9. The summed E-state index contributed by atoms with van der Waals surface area (Å²) in [5, 5.41) is 0.620. The van der Waals surface area contributed by atoms with E-state index >= 15 is 4.39 Å². The van der Waals surface area contributed by atoms with Crippen LogP contribution in [0.4, 0.5) is 4.39 Å². The fourth-order valence-corrected chi connectivity index (χ4v) is 4.53. The van der Waals surface area contributed by atoms with Gasteiger partial charge in [0.05, 0.1) is 21.5 Å². The molecule has 0 aliphatic carbocycles. The lowest BCUT2D eigenvalue weighted by molar-refractivity contribution is -0.0568. The van der Waals surface area contributed by atoms with Crippen LogP contribution < -0.4 is 0 Å². The highest BCUT2D eigenvalue weighted by Gasteiger charge is 2.50. The molecular formula is C25H18Cl2FN3O5. The summed E-state index contributed by atoms with van der Waals surface area (Å²) in [5.74, 6) is -1.37. The second-order valence-electron chi connectivity index (χ2n) is 7.96. The molecule has 36 heavy (non-hydrogen) atoms. The Labute approximate surface area is 214 Å². The molecule has 11 heteroatoms. The van der Waals surface area contributed by atoms with Crippen molar-refractivity contribution in [3.05, 3.63) is 94.5 Å². The van der Waals surface area contributed by atoms with Crippen molar-refractivity contribution in [2.45, 2.75) is 24.6 Å². The lowest BCUT2D eigenvalue weighted by Crippen LogP contribution is -2.37. The third-order valence-electron chi connectivity index (χ3n) is 5.70. The molecule has 0 radical (unpaired) electrons. The standard InChI is InChI=1S/C25H18Cl2FN3O5/c26-16-11-31(22-18(16)21(27)29-13-30-22)23-19(28)20(36-25(33)15-9-5-2-6-10-15)17(35-23)12-34-24(32)14-7-3-1-4-8-14/h1-11,13,17,19-20,23H,12H2/t17-,19+,20-,23-/m1/s1. The van der Waals surface area contributed by atoms with Gasteiger partial charge in [0.25, 0.3) is 0 Å². The van der Waals surface area contributed by atoms with Crippen LogP contribution in [0.2, 0.25) is 10.2 Å². The summed E-state index contributed by atoms with van der Waals surface area (Å²) in [7, 11) is 0. The van der Waals surface area contributed by atoms with Gasteiger partial charge in [-0.2, -0.15) is 0 Å². The predicted octanol–water partition coefficient (Wildman–Crippen LogP) is 5.06. The predicted molar refractivity (Wildman–Crippen MR) is 129 cm³/mol. The van der Waals surface area contributed by atoms with E-state index in [0.717, 1.165) is 0 Å². The number of carbonyl (C=O) groups excluding carboxylic acids is 2. The maximum Gasteiger partial charge on any atom is 0.338 e. The van der Waals surface area contributed by atoms with Gasteiger partial charge in [-0.05, 0) is 24.3 Å². The van der Waals surface area contributed by atoms with Gasteiger partial charge >= 0.3 is 11.9 Å². The maximum absolute atomic E-state index is 15.9. The number of rotatable bonds is 6. The molecule has 8 nitrogen and oxygen atoms in total. The smallest absolute Gasteiger partial charge is 0.338 e. The molecule has 1 aliphatic rings. The van der Waals surface area contributed by atoms with Crippen molar-refractivity contribution in [2.75, 3.05) is 6.61 Å². The Balaban J connectivity index is 1.43. The first-order valence-electron chi connectivity index (χ1n) is 10.9. The van der Waals surface area contributed by atoms with E-state index < -0.39 is 36.5 Å². The van der Waals surface area contributed by atoms with Crippen molar-refractivity contribution in [3.63, 3.8) is 0 Å². The number of fused-ring (bicyclic) bond motifs is 1. The number of alkyl halides is 1. The van der Waals surface area contributed by atoms with Gasteiger partial charge in [-0.3, -0.25) is 0 Å². The molecule has 0 spiro atoms. The van der Waals surface area contributed by atoms with E-state index in [4.69, 9.17) is 37.4 Å². The van der Waals surface area contributed by atoms with Crippen LogP contribution in [-0.2, 0) is 14.2 Å². The summed E-state index contributed by atoms with van der Waals surface area (Å²) in [6.07, 6.45) is -3.01. The largest absolute Gasteiger partial charge is 0.459 e. The number of carbonyl (C=O) groups is 2.